The quantitative estimate of drug-likeness (QED) is 0.311. The lowest BCUT2D eigenvalue weighted by Crippen LogP contribution is -2.36. The van der Waals surface area contributed by atoms with Crippen molar-refractivity contribution in [1.29, 1.82) is 0 Å². The zero-order valence-corrected chi connectivity index (χ0v) is 19.3. The van der Waals surface area contributed by atoms with E-state index in [1.165, 1.54) is 25.3 Å². The van der Waals surface area contributed by atoms with Crippen molar-refractivity contribution in [1.82, 2.24) is 4.90 Å². The van der Waals surface area contributed by atoms with Crippen molar-refractivity contribution in [3.8, 4) is 11.5 Å². The van der Waals surface area contributed by atoms with Crippen LogP contribution in [0.4, 0.5) is 16.2 Å². The number of aromatic hydroxyl groups is 1. The van der Waals surface area contributed by atoms with Crippen molar-refractivity contribution in [2.45, 2.75) is 0 Å². The van der Waals surface area contributed by atoms with Crippen LogP contribution in [0.5, 0.6) is 11.5 Å². The van der Waals surface area contributed by atoms with Gasteiger partial charge in [-0.15, -0.1) is 0 Å². The second-order valence-corrected chi connectivity index (χ2v) is 8.55. The van der Waals surface area contributed by atoms with Gasteiger partial charge >= 0.3 is 5.69 Å². The van der Waals surface area contributed by atoms with Crippen LogP contribution in [-0.2, 0) is 9.59 Å². The average Bonchev–Trinajstić information content (AvgIpc) is 2.99. The Balaban J connectivity index is 1.79. The number of amides is 3. The number of carbonyl (C=O) groups excluding carboxylic acids is 3. The molecule has 10 nitrogen and oxygen atoms in total. The number of imide groups is 1. The molecule has 0 aliphatic carbocycles. The molecule has 32 heavy (non-hydrogen) atoms. The number of hydrogen-bond donors (Lipinski definition) is 2. The smallest absolute Gasteiger partial charge is 0.315 e. The molecule has 1 heterocycles. The first-order chi connectivity index (χ1) is 15.1. The third kappa shape index (κ3) is 5.03. The molecule has 0 atom stereocenters. The summed E-state index contributed by atoms with van der Waals surface area (Å²) in [6.07, 6.45) is 1.24. The Labute approximate surface area is 198 Å². The fraction of sp³-hybridized carbons (Fsp3) is 0.105. The van der Waals surface area contributed by atoms with Crippen molar-refractivity contribution in [3.63, 3.8) is 0 Å². The number of methoxy groups -OCH3 is 1. The number of hydrogen-bond acceptors (Lipinski definition) is 8. The van der Waals surface area contributed by atoms with Crippen molar-refractivity contribution in [2.75, 3.05) is 19.0 Å². The highest BCUT2D eigenvalue weighted by molar-refractivity contribution is 9.10. The van der Waals surface area contributed by atoms with Gasteiger partial charge in [0.15, 0.2) is 5.75 Å². The number of anilines is 1. The number of phenolic OH excluding ortho intramolecular Hbond substituents is 1. The number of benzene rings is 2. The summed E-state index contributed by atoms with van der Waals surface area (Å²) in [5.74, 6) is -2.18. The Morgan fingerprint density at radius 2 is 2.09 bits per heavy atom. The van der Waals surface area contributed by atoms with Crippen molar-refractivity contribution in [3.05, 3.63) is 60.4 Å². The van der Waals surface area contributed by atoms with E-state index < -0.39 is 40.0 Å². The summed E-state index contributed by atoms with van der Waals surface area (Å²) in [6.45, 7) is -0.533. The number of carbonyl (C=O) groups is 3. The van der Waals surface area contributed by atoms with E-state index in [0.717, 1.165) is 11.0 Å². The lowest BCUT2D eigenvalue weighted by Gasteiger charge is -2.12. The van der Waals surface area contributed by atoms with Crippen LogP contribution < -0.4 is 10.1 Å². The maximum Gasteiger partial charge on any atom is 0.315 e. The highest BCUT2D eigenvalue weighted by Gasteiger charge is 2.36. The highest BCUT2D eigenvalue weighted by atomic mass is 79.9. The Morgan fingerprint density at radius 3 is 2.72 bits per heavy atom. The summed E-state index contributed by atoms with van der Waals surface area (Å²) in [5.41, 5.74) is -0.0811. The van der Waals surface area contributed by atoms with Gasteiger partial charge in [-0.2, -0.15) is 0 Å². The molecule has 13 heteroatoms. The average molecular weight is 543 g/mol. The fourth-order valence-corrected chi connectivity index (χ4v) is 3.96. The van der Waals surface area contributed by atoms with Crippen molar-refractivity contribution < 1.29 is 29.2 Å². The molecule has 166 valence electrons. The van der Waals surface area contributed by atoms with Crippen LogP contribution in [0, 0.1) is 10.1 Å². The predicted molar refractivity (Wildman–Crippen MR) is 122 cm³/mol. The predicted octanol–water partition coefficient (Wildman–Crippen LogP) is 4.40. The molecule has 1 aliphatic heterocycles. The van der Waals surface area contributed by atoms with Crippen LogP contribution in [-0.4, -0.2) is 45.6 Å². The first-order valence-corrected chi connectivity index (χ1v) is 10.6. The fourth-order valence-electron chi connectivity index (χ4n) is 2.70. The van der Waals surface area contributed by atoms with Gasteiger partial charge in [-0.25, -0.2) is 0 Å². The van der Waals surface area contributed by atoms with E-state index in [1.54, 1.807) is 12.1 Å². The van der Waals surface area contributed by atoms with Gasteiger partial charge in [-0.05, 0) is 63.6 Å². The lowest BCUT2D eigenvalue weighted by molar-refractivity contribution is -0.386. The molecule has 3 amide bonds. The maximum atomic E-state index is 12.6. The van der Waals surface area contributed by atoms with Crippen molar-refractivity contribution in [2.24, 2.45) is 0 Å². The Morgan fingerprint density at radius 1 is 1.38 bits per heavy atom. The van der Waals surface area contributed by atoms with Gasteiger partial charge in [-0.1, -0.05) is 11.6 Å². The first kappa shape index (κ1) is 23.6. The van der Waals surface area contributed by atoms with Gasteiger partial charge < -0.3 is 15.2 Å². The maximum absolute atomic E-state index is 12.6. The summed E-state index contributed by atoms with van der Waals surface area (Å²) in [7, 11) is 1.22. The second kappa shape index (κ2) is 9.59. The Hall–Kier alpha value is -3.09. The van der Waals surface area contributed by atoms with E-state index in [2.05, 4.69) is 21.2 Å². The van der Waals surface area contributed by atoms with E-state index in [1.807, 2.05) is 0 Å². The van der Waals surface area contributed by atoms with Crippen LogP contribution in [0.15, 0.2) is 39.7 Å². The zero-order chi connectivity index (χ0) is 23.6. The third-order valence-electron chi connectivity index (χ3n) is 4.17. The van der Waals surface area contributed by atoms with Gasteiger partial charge in [-0.3, -0.25) is 29.4 Å². The van der Waals surface area contributed by atoms with Gasteiger partial charge in [0.25, 0.3) is 11.1 Å². The number of thioether (sulfide) groups is 1. The minimum atomic E-state index is -0.806. The molecular formula is C19H13BrClN3O7S. The molecule has 0 bridgehead atoms. The normalized spacial score (nSPS) is 14.7. The molecule has 0 unspecified atom stereocenters. The molecule has 0 radical (unpaired) electrons. The van der Waals surface area contributed by atoms with Crippen molar-refractivity contribution >= 4 is 73.8 Å². The summed E-state index contributed by atoms with van der Waals surface area (Å²) in [5, 5.41) is 23.2. The van der Waals surface area contributed by atoms with Crippen LogP contribution >= 0.6 is 39.3 Å². The molecule has 0 saturated carbocycles. The molecule has 2 N–H and O–H groups in total. The Kier molecular flexibility index (Phi) is 7.06. The molecule has 0 spiro atoms. The van der Waals surface area contributed by atoms with Gasteiger partial charge in [0, 0.05) is 16.2 Å². The van der Waals surface area contributed by atoms with Gasteiger partial charge in [0.2, 0.25) is 11.7 Å². The summed E-state index contributed by atoms with van der Waals surface area (Å²) in [6, 6.07) is 7.04. The van der Waals surface area contributed by atoms with Crippen LogP contribution in [0.25, 0.3) is 6.08 Å². The standard InChI is InChI=1S/C19H13BrClN3O7S/c1-31-14-5-9(4-13(17(14)26)24(29)30)6-15-18(27)23(19(28)32-15)8-16(25)22-10-2-3-11(20)12(21)7-10/h2-7,26H,8H2,1H3,(H,22,25)/b15-6+. The second-order valence-electron chi connectivity index (χ2n) is 6.29. The number of halogens is 2. The third-order valence-corrected chi connectivity index (χ3v) is 6.31. The molecule has 1 saturated heterocycles. The van der Waals surface area contributed by atoms with E-state index in [4.69, 9.17) is 16.3 Å². The number of nitrogens with one attached hydrogen (secondary N) is 1. The largest absolute Gasteiger partial charge is 0.500 e. The number of nitro groups is 1. The minimum absolute atomic E-state index is 0.0449. The topological polar surface area (TPSA) is 139 Å². The molecule has 2 aromatic carbocycles. The minimum Gasteiger partial charge on any atom is -0.500 e. The van der Waals surface area contributed by atoms with E-state index in [-0.39, 0.29) is 16.2 Å². The molecular weight excluding hydrogens is 530 g/mol. The summed E-state index contributed by atoms with van der Waals surface area (Å²) >= 11 is 9.79. The molecule has 0 aromatic heterocycles. The number of ether oxygens (including phenoxy) is 1. The zero-order valence-electron chi connectivity index (χ0n) is 16.1. The molecule has 2 aromatic rings. The lowest BCUT2D eigenvalue weighted by atomic mass is 10.1. The summed E-state index contributed by atoms with van der Waals surface area (Å²) in [4.78, 5) is 48.2. The van der Waals surface area contributed by atoms with Crippen LogP contribution in [0.2, 0.25) is 5.02 Å². The molecule has 1 aliphatic rings. The first-order valence-electron chi connectivity index (χ1n) is 8.66. The van der Waals surface area contributed by atoms with Gasteiger partial charge in [0.1, 0.15) is 6.54 Å². The number of phenols is 1. The van der Waals surface area contributed by atoms with E-state index >= 15 is 0 Å². The molecule has 3 rings (SSSR count). The highest BCUT2D eigenvalue weighted by Crippen LogP contribution is 2.39. The monoisotopic (exact) mass is 541 g/mol. The molecule has 1 fully saturated rings. The number of nitrogens with zero attached hydrogens (tertiary/aromatic N) is 2. The van der Waals surface area contributed by atoms with Gasteiger partial charge in [0.05, 0.1) is 22.0 Å². The number of rotatable bonds is 6. The van der Waals surface area contributed by atoms with Crippen LogP contribution in [0.1, 0.15) is 5.56 Å². The van der Waals surface area contributed by atoms with E-state index in [9.17, 15) is 29.6 Å². The van der Waals surface area contributed by atoms with E-state index in [0.29, 0.717) is 26.9 Å². The Bertz CT molecular complexity index is 1190. The van der Waals surface area contributed by atoms with Crippen LogP contribution in [0.3, 0.4) is 0 Å². The summed E-state index contributed by atoms with van der Waals surface area (Å²) < 4.78 is 5.56. The SMILES string of the molecule is COc1cc(/C=C2/SC(=O)N(CC(=O)Nc3ccc(Br)c(Cl)c3)C2=O)cc([N+](=O)[O-])c1O. The number of nitro benzene ring substituents is 1.